The fourth-order valence-corrected chi connectivity index (χ4v) is 1.26. The van der Waals surface area contributed by atoms with Gasteiger partial charge in [0, 0.05) is 6.04 Å². The lowest BCUT2D eigenvalue weighted by atomic mass is 10.3. The van der Waals surface area contributed by atoms with Crippen LogP contribution in [0.25, 0.3) is 0 Å². The zero-order valence-corrected chi connectivity index (χ0v) is 11.0. The van der Waals surface area contributed by atoms with Crippen molar-refractivity contribution in [1.82, 2.24) is 15.3 Å². The summed E-state index contributed by atoms with van der Waals surface area (Å²) in [6.07, 6.45) is 3.68. The van der Waals surface area contributed by atoms with E-state index in [9.17, 15) is 4.79 Å². The number of carbonyl (C=O) groups is 1. The van der Waals surface area contributed by atoms with Crippen LogP contribution >= 0.6 is 0 Å². The van der Waals surface area contributed by atoms with E-state index < -0.39 is 5.97 Å². The second-order valence-electron chi connectivity index (χ2n) is 4.04. The Morgan fingerprint density at radius 1 is 1.44 bits per heavy atom. The molecule has 1 rings (SSSR count). The van der Waals surface area contributed by atoms with Gasteiger partial charge in [-0.15, -0.1) is 0 Å². The maximum atomic E-state index is 11.2. The molecule has 0 atom stereocenters. The highest BCUT2D eigenvalue weighted by molar-refractivity contribution is 5.86. The Kier molecular flexibility index (Phi) is 6.07. The first-order chi connectivity index (χ1) is 8.63. The molecule has 1 heterocycles. The van der Waals surface area contributed by atoms with Crippen molar-refractivity contribution in [3.63, 3.8) is 0 Å². The molecule has 0 amide bonds. The van der Waals surface area contributed by atoms with Crippen LogP contribution in [0.1, 0.15) is 30.8 Å². The zero-order chi connectivity index (χ0) is 13.4. The van der Waals surface area contributed by atoms with Crippen LogP contribution in [-0.2, 0) is 4.74 Å². The van der Waals surface area contributed by atoms with Crippen LogP contribution in [0, 0.1) is 0 Å². The minimum atomic E-state index is -0.519. The van der Waals surface area contributed by atoms with Gasteiger partial charge in [0.25, 0.3) is 0 Å². The molecule has 6 nitrogen and oxygen atoms in total. The van der Waals surface area contributed by atoms with Gasteiger partial charge in [0.05, 0.1) is 26.1 Å². The Labute approximate surface area is 107 Å². The minimum absolute atomic E-state index is 0.148. The van der Waals surface area contributed by atoms with Gasteiger partial charge in [-0.3, -0.25) is 4.98 Å². The van der Waals surface area contributed by atoms with Crippen LogP contribution in [0.5, 0.6) is 5.88 Å². The molecule has 0 aliphatic heterocycles. The first-order valence-corrected chi connectivity index (χ1v) is 5.90. The number of hydrogen-bond donors (Lipinski definition) is 1. The maximum Gasteiger partial charge on any atom is 0.358 e. The summed E-state index contributed by atoms with van der Waals surface area (Å²) in [6, 6.07) is 0.465. The van der Waals surface area contributed by atoms with Crippen molar-refractivity contribution in [2.24, 2.45) is 0 Å². The fourth-order valence-electron chi connectivity index (χ4n) is 1.26. The van der Waals surface area contributed by atoms with E-state index in [2.05, 4.69) is 33.9 Å². The number of nitrogens with one attached hydrogen (secondary N) is 1. The standard InChI is InChI=1S/C12H19N3O3/c1-9(2)14-5-4-6-18-11-8-13-7-10(15-11)12(16)17-3/h7-9,14H,4-6H2,1-3H3. The molecule has 0 saturated carbocycles. The van der Waals surface area contributed by atoms with E-state index in [1.165, 1.54) is 19.5 Å². The lowest BCUT2D eigenvalue weighted by Crippen LogP contribution is -2.24. The lowest BCUT2D eigenvalue weighted by Gasteiger charge is -2.08. The molecule has 100 valence electrons. The number of carbonyl (C=O) groups excluding carboxylic acids is 1. The summed E-state index contributed by atoms with van der Waals surface area (Å²) < 4.78 is 9.96. The van der Waals surface area contributed by atoms with E-state index in [0.717, 1.165) is 13.0 Å². The largest absolute Gasteiger partial charge is 0.477 e. The first kappa shape index (κ1) is 14.4. The molecule has 1 aromatic rings. The van der Waals surface area contributed by atoms with Gasteiger partial charge in [0.2, 0.25) is 5.88 Å². The van der Waals surface area contributed by atoms with Gasteiger partial charge < -0.3 is 14.8 Å². The molecule has 0 radical (unpaired) electrons. The zero-order valence-electron chi connectivity index (χ0n) is 11.0. The fraction of sp³-hybridized carbons (Fsp3) is 0.583. The third-order valence-corrected chi connectivity index (χ3v) is 2.13. The molecule has 0 aliphatic rings. The molecular weight excluding hydrogens is 234 g/mol. The van der Waals surface area contributed by atoms with Gasteiger partial charge in [-0.1, -0.05) is 13.8 Å². The Balaban J connectivity index is 2.36. The molecule has 0 aromatic carbocycles. The van der Waals surface area contributed by atoms with Gasteiger partial charge in [-0.05, 0) is 13.0 Å². The highest BCUT2D eigenvalue weighted by atomic mass is 16.5. The van der Waals surface area contributed by atoms with Crippen molar-refractivity contribution >= 4 is 5.97 Å². The molecule has 0 unspecified atom stereocenters. The molecule has 0 fully saturated rings. The first-order valence-electron chi connectivity index (χ1n) is 5.90. The average molecular weight is 253 g/mol. The van der Waals surface area contributed by atoms with Crippen LogP contribution in [0.15, 0.2) is 12.4 Å². The van der Waals surface area contributed by atoms with Crippen LogP contribution in [0.3, 0.4) is 0 Å². The van der Waals surface area contributed by atoms with E-state index in [1.54, 1.807) is 0 Å². The molecule has 1 N–H and O–H groups in total. The SMILES string of the molecule is COC(=O)c1cncc(OCCCNC(C)C)n1. The highest BCUT2D eigenvalue weighted by Crippen LogP contribution is 2.06. The summed E-state index contributed by atoms with van der Waals surface area (Å²) in [6.45, 7) is 5.58. The molecule has 0 aliphatic carbocycles. The second-order valence-corrected chi connectivity index (χ2v) is 4.04. The normalized spacial score (nSPS) is 10.4. The summed E-state index contributed by atoms with van der Waals surface area (Å²) in [5.74, 6) is -0.183. The summed E-state index contributed by atoms with van der Waals surface area (Å²) in [7, 11) is 1.30. The molecule has 0 spiro atoms. The van der Waals surface area contributed by atoms with Crippen LogP contribution < -0.4 is 10.1 Å². The van der Waals surface area contributed by atoms with Gasteiger partial charge in [-0.25, -0.2) is 9.78 Å². The molecule has 18 heavy (non-hydrogen) atoms. The van der Waals surface area contributed by atoms with Gasteiger partial charge >= 0.3 is 5.97 Å². The number of hydrogen-bond acceptors (Lipinski definition) is 6. The third kappa shape index (κ3) is 5.09. The van der Waals surface area contributed by atoms with Gasteiger partial charge in [0.1, 0.15) is 0 Å². The smallest absolute Gasteiger partial charge is 0.358 e. The number of nitrogens with zero attached hydrogens (tertiary/aromatic N) is 2. The summed E-state index contributed by atoms with van der Waals surface area (Å²) in [5.41, 5.74) is 0.148. The van der Waals surface area contributed by atoms with Crippen molar-refractivity contribution in [1.29, 1.82) is 0 Å². The number of aromatic nitrogens is 2. The van der Waals surface area contributed by atoms with E-state index in [0.29, 0.717) is 18.5 Å². The maximum absolute atomic E-state index is 11.2. The Bertz CT molecular complexity index is 383. The number of esters is 1. The number of methoxy groups -OCH3 is 1. The van der Waals surface area contributed by atoms with Crippen LogP contribution in [-0.4, -0.2) is 42.2 Å². The van der Waals surface area contributed by atoms with E-state index in [-0.39, 0.29) is 5.69 Å². The quantitative estimate of drug-likeness (QED) is 0.578. The summed E-state index contributed by atoms with van der Waals surface area (Å²) in [4.78, 5) is 19.1. The highest BCUT2D eigenvalue weighted by Gasteiger charge is 2.08. The average Bonchev–Trinajstić information content (AvgIpc) is 2.37. The Morgan fingerprint density at radius 2 is 2.22 bits per heavy atom. The second kappa shape index (κ2) is 7.60. The van der Waals surface area contributed by atoms with E-state index in [1.807, 2.05) is 0 Å². The molecule has 6 heteroatoms. The topological polar surface area (TPSA) is 73.3 Å². The van der Waals surface area contributed by atoms with Crippen molar-refractivity contribution in [3.05, 3.63) is 18.1 Å². The molecule has 0 bridgehead atoms. The Hall–Kier alpha value is -1.69. The van der Waals surface area contributed by atoms with Crippen LogP contribution in [0.2, 0.25) is 0 Å². The number of rotatable bonds is 7. The lowest BCUT2D eigenvalue weighted by molar-refractivity contribution is 0.0592. The third-order valence-electron chi connectivity index (χ3n) is 2.13. The minimum Gasteiger partial charge on any atom is -0.477 e. The van der Waals surface area contributed by atoms with Crippen molar-refractivity contribution in [2.75, 3.05) is 20.3 Å². The van der Waals surface area contributed by atoms with Crippen molar-refractivity contribution in [3.8, 4) is 5.88 Å². The monoisotopic (exact) mass is 253 g/mol. The summed E-state index contributed by atoms with van der Waals surface area (Å²) >= 11 is 0. The van der Waals surface area contributed by atoms with Crippen molar-refractivity contribution < 1.29 is 14.3 Å². The molecule has 0 saturated heterocycles. The van der Waals surface area contributed by atoms with Gasteiger partial charge in [0.15, 0.2) is 5.69 Å². The summed E-state index contributed by atoms with van der Waals surface area (Å²) in [5, 5.41) is 3.28. The Morgan fingerprint density at radius 3 is 2.89 bits per heavy atom. The van der Waals surface area contributed by atoms with Crippen molar-refractivity contribution in [2.45, 2.75) is 26.3 Å². The van der Waals surface area contributed by atoms with Gasteiger partial charge in [-0.2, -0.15) is 0 Å². The van der Waals surface area contributed by atoms with Crippen LogP contribution in [0.4, 0.5) is 0 Å². The predicted molar refractivity (Wildman–Crippen MR) is 66.6 cm³/mol. The predicted octanol–water partition coefficient (Wildman–Crippen LogP) is 1.03. The van der Waals surface area contributed by atoms with E-state index in [4.69, 9.17) is 4.74 Å². The molecular formula is C12H19N3O3. The molecule has 1 aromatic heterocycles. The number of ether oxygens (including phenoxy) is 2. The van der Waals surface area contributed by atoms with E-state index >= 15 is 0 Å².